The average Bonchev–Trinajstić information content (AvgIpc) is 3.43. The Morgan fingerprint density at radius 2 is 1.91 bits per heavy atom. The summed E-state index contributed by atoms with van der Waals surface area (Å²) in [4.78, 5) is 29.1. The van der Waals surface area contributed by atoms with Gasteiger partial charge in [-0.15, -0.1) is 0 Å². The largest absolute Gasteiger partial charge is 0.492 e. The van der Waals surface area contributed by atoms with Crippen molar-refractivity contribution in [1.82, 2.24) is 15.1 Å². The summed E-state index contributed by atoms with van der Waals surface area (Å²) in [6.45, 7) is 4.60. The van der Waals surface area contributed by atoms with Crippen LogP contribution in [0.4, 0.5) is 0 Å². The molecule has 3 atom stereocenters. The van der Waals surface area contributed by atoms with Gasteiger partial charge in [-0.3, -0.25) is 9.59 Å². The number of hydrogen-bond donors (Lipinski definition) is 1. The zero-order valence-electron chi connectivity index (χ0n) is 18.4. The Labute approximate surface area is 189 Å². The van der Waals surface area contributed by atoms with Crippen molar-refractivity contribution in [3.63, 3.8) is 0 Å². The fraction of sp³-hybridized carbons (Fsp3) is 0.462. The van der Waals surface area contributed by atoms with Gasteiger partial charge in [0.05, 0.1) is 6.54 Å². The maximum Gasteiger partial charge on any atom is 0.254 e. The standard InChI is InChI=1S/C26H31N3O3/c30-25-7-4-14-28(25)15-16-32-21-10-8-20(9-11-21)26(31)29-18-23(19-5-2-1-3-6-19)22-17-27-13-12-24(22)29/h1-3,5-6,8-11,22-24,27H,4,7,12-18H2/t22-,23-,24-/m0/s1. The Morgan fingerprint density at radius 1 is 1.09 bits per heavy atom. The summed E-state index contributed by atoms with van der Waals surface area (Å²) >= 11 is 0. The Hall–Kier alpha value is -2.86. The number of piperidine rings is 1. The van der Waals surface area contributed by atoms with Crippen molar-refractivity contribution in [2.24, 2.45) is 5.92 Å². The van der Waals surface area contributed by atoms with E-state index in [-0.39, 0.29) is 17.9 Å². The predicted molar refractivity (Wildman–Crippen MR) is 123 cm³/mol. The number of carbonyl (C=O) groups excluding carboxylic acids is 2. The van der Waals surface area contributed by atoms with Crippen molar-refractivity contribution in [3.05, 3.63) is 65.7 Å². The Bertz CT molecular complexity index is 947. The van der Waals surface area contributed by atoms with E-state index in [2.05, 4.69) is 34.5 Å². The smallest absolute Gasteiger partial charge is 0.254 e. The minimum Gasteiger partial charge on any atom is -0.492 e. The highest BCUT2D eigenvalue weighted by atomic mass is 16.5. The molecule has 3 heterocycles. The molecule has 6 heteroatoms. The normalized spacial score (nSPS) is 25.1. The lowest BCUT2D eigenvalue weighted by atomic mass is 9.82. The second-order valence-electron chi connectivity index (χ2n) is 9.06. The van der Waals surface area contributed by atoms with Crippen LogP contribution in [0, 0.1) is 5.92 Å². The number of nitrogens with one attached hydrogen (secondary N) is 1. The van der Waals surface area contributed by atoms with Crippen LogP contribution in [-0.2, 0) is 4.79 Å². The summed E-state index contributed by atoms with van der Waals surface area (Å²) < 4.78 is 5.81. The van der Waals surface area contributed by atoms with Gasteiger partial charge in [-0.2, -0.15) is 0 Å². The van der Waals surface area contributed by atoms with Crippen molar-refractivity contribution in [2.75, 3.05) is 39.3 Å². The van der Waals surface area contributed by atoms with Gasteiger partial charge in [0.1, 0.15) is 12.4 Å². The topological polar surface area (TPSA) is 61.9 Å². The molecule has 3 fully saturated rings. The van der Waals surface area contributed by atoms with Gasteiger partial charge in [0, 0.05) is 49.5 Å². The number of benzene rings is 2. The molecular formula is C26H31N3O3. The third kappa shape index (κ3) is 4.24. The number of nitrogens with zero attached hydrogens (tertiary/aromatic N) is 2. The van der Waals surface area contributed by atoms with E-state index in [0.717, 1.165) is 44.8 Å². The van der Waals surface area contributed by atoms with Crippen LogP contribution in [0.1, 0.15) is 41.1 Å². The first-order chi connectivity index (χ1) is 15.7. The van der Waals surface area contributed by atoms with Crippen LogP contribution in [0.2, 0.25) is 0 Å². The number of likely N-dealkylation sites (tertiary alicyclic amines) is 2. The minimum atomic E-state index is 0.106. The van der Waals surface area contributed by atoms with E-state index in [9.17, 15) is 9.59 Å². The molecular weight excluding hydrogens is 402 g/mol. The van der Waals surface area contributed by atoms with Crippen LogP contribution in [0.3, 0.4) is 0 Å². The first-order valence-electron chi connectivity index (χ1n) is 11.8. The Morgan fingerprint density at radius 3 is 2.66 bits per heavy atom. The summed E-state index contributed by atoms with van der Waals surface area (Å²) in [6, 6.07) is 18.3. The van der Waals surface area contributed by atoms with E-state index in [1.54, 1.807) is 0 Å². The molecule has 0 aliphatic carbocycles. The highest BCUT2D eigenvalue weighted by molar-refractivity contribution is 5.95. The maximum atomic E-state index is 13.4. The van der Waals surface area contributed by atoms with Crippen LogP contribution in [0.25, 0.3) is 0 Å². The molecule has 0 unspecified atom stereocenters. The Kier molecular flexibility index (Phi) is 6.12. The lowest BCUT2D eigenvalue weighted by Crippen LogP contribution is -2.46. The van der Waals surface area contributed by atoms with Gasteiger partial charge in [0.15, 0.2) is 0 Å². The zero-order chi connectivity index (χ0) is 21.9. The molecule has 0 saturated carbocycles. The van der Waals surface area contributed by atoms with Gasteiger partial charge in [-0.25, -0.2) is 0 Å². The van der Waals surface area contributed by atoms with Gasteiger partial charge < -0.3 is 19.9 Å². The molecule has 1 N–H and O–H groups in total. The molecule has 0 bridgehead atoms. The maximum absolute atomic E-state index is 13.4. The van der Waals surface area contributed by atoms with E-state index in [0.29, 0.717) is 37.0 Å². The molecule has 6 nitrogen and oxygen atoms in total. The Balaban J connectivity index is 1.23. The summed E-state index contributed by atoms with van der Waals surface area (Å²) in [5.41, 5.74) is 2.03. The van der Waals surface area contributed by atoms with Crippen LogP contribution >= 0.6 is 0 Å². The molecule has 3 saturated heterocycles. The van der Waals surface area contributed by atoms with E-state index in [1.165, 1.54) is 5.56 Å². The minimum absolute atomic E-state index is 0.106. The van der Waals surface area contributed by atoms with Crippen LogP contribution in [0.15, 0.2) is 54.6 Å². The molecule has 2 amide bonds. The van der Waals surface area contributed by atoms with Gasteiger partial charge >= 0.3 is 0 Å². The lowest BCUT2D eigenvalue weighted by molar-refractivity contribution is -0.128. The highest BCUT2D eigenvalue weighted by Gasteiger charge is 2.45. The monoisotopic (exact) mass is 433 g/mol. The number of hydrogen-bond acceptors (Lipinski definition) is 4. The first kappa shape index (κ1) is 21.0. The molecule has 0 aromatic heterocycles. The number of rotatable bonds is 6. The number of carbonyl (C=O) groups is 2. The molecule has 3 aliphatic heterocycles. The van der Waals surface area contributed by atoms with Crippen molar-refractivity contribution in [2.45, 2.75) is 31.2 Å². The van der Waals surface area contributed by atoms with E-state index in [4.69, 9.17) is 4.74 Å². The van der Waals surface area contributed by atoms with E-state index >= 15 is 0 Å². The van der Waals surface area contributed by atoms with Crippen molar-refractivity contribution >= 4 is 11.8 Å². The van der Waals surface area contributed by atoms with Crippen molar-refractivity contribution in [3.8, 4) is 5.75 Å². The highest BCUT2D eigenvalue weighted by Crippen LogP contribution is 2.40. The van der Waals surface area contributed by atoms with E-state index in [1.807, 2.05) is 35.2 Å². The average molecular weight is 434 g/mol. The number of fused-ring (bicyclic) bond motifs is 1. The molecule has 32 heavy (non-hydrogen) atoms. The SMILES string of the molecule is O=C1CCCN1CCOc1ccc(C(=O)N2C[C@@H](c3ccccc3)[C@@H]3CNCC[C@@H]32)cc1. The third-order valence-corrected chi connectivity index (χ3v) is 7.19. The fourth-order valence-electron chi connectivity index (χ4n) is 5.51. The summed E-state index contributed by atoms with van der Waals surface area (Å²) in [7, 11) is 0. The predicted octanol–water partition coefficient (Wildman–Crippen LogP) is 2.91. The van der Waals surface area contributed by atoms with Gasteiger partial charge in [-0.1, -0.05) is 30.3 Å². The zero-order valence-corrected chi connectivity index (χ0v) is 18.4. The fourth-order valence-corrected chi connectivity index (χ4v) is 5.51. The number of amides is 2. The summed E-state index contributed by atoms with van der Waals surface area (Å²) in [5, 5.41) is 3.53. The first-order valence-corrected chi connectivity index (χ1v) is 11.8. The van der Waals surface area contributed by atoms with Crippen LogP contribution in [0.5, 0.6) is 5.75 Å². The summed E-state index contributed by atoms with van der Waals surface area (Å²) in [5.74, 6) is 1.87. The quantitative estimate of drug-likeness (QED) is 0.761. The molecule has 0 spiro atoms. The van der Waals surface area contributed by atoms with Crippen LogP contribution in [-0.4, -0.2) is 67.0 Å². The number of ether oxygens (including phenoxy) is 1. The van der Waals surface area contributed by atoms with Gasteiger partial charge in [-0.05, 0) is 49.2 Å². The molecule has 168 valence electrons. The van der Waals surface area contributed by atoms with Crippen molar-refractivity contribution in [1.29, 1.82) is 0 Å². The summed E-state index contributed by atoms with van der Waals surface area (Å²) in [6.07, 6.45) is 2.59. The van der Waals surface area contributed by atoms with Crippen molar-refractivity contribution < 1.29 is 14.3 Å². The molecule has 0 radical (unpaired) electrons. The second-order valence-corrected chi connectivity index (χ2v) is 9.06. The van der Waals surface area contributed by atoms with Gasteiger partial charge in [0.2, 0.25) is 5.91 Å². The second kappa shape index (κ2) is 9.33. The lowest BCUT2D eigenvalue weighted by Gasteiger charge is -2.33. The molecule has 3 aliphatic rings. The van der Waals surface area contributed by atoms with E-state index < -0.39 is 0 Å². The molecule has 5 rings (SSSR count). The molecule has 2 aromatic rings. The van der Waals surface area contributed by atoms with Crippen LogP contribution < -0.4 is 10.1 Å². The van der Waals surface area contributed by atoms with Gasteiger partial charge in [0.25, 0.3) is 5.91 Å². The third-order valence-electron chi connectivity index (χ3n) is 7.19. The molecule has 2 aromatic carbocycles.